The minimum atomic E-state index is -0.163. The third kappa shape index (κ3) is 2.31. The van der Waals surface area contributed by atoms with Crippen LogP contribution in [0.4, 0.5) is 0 Å². The van der Waals surface area contributed by atoms with Gasteiger partial charge < -0.3 is 5.32 Å². The first-order chi connectivity index (χ1) is 4.83. The first-order valence-corrected chi connectivity index (χ1v) is 3.19. The minimum absolute atomic E-state index is 0.163. The van der Waals surface area contributed by atoms with Gasteiger partial charge in [0.1, 0.15) is 0 Å². The molecular formula is C7H8N2O. The van der Waals surface area contributed by atoms with E-state index in [0.29, 0.717) is 6.04 Å². The van der Waals surface area contributed by atoms with E-state index in [-0.39, 0.29) is 5.91 Å². The Morgan fingerprint density at radius 1 is 1.70 bits per heavy atom. The average Bonchev–Trinajstić information content (AvgIpc) is 2.67. The monoisotopic (exact) mass is 136 g/mol. The molecule has 52 valence electrons. The lowest BCUT2D eigenvalue weighted by Gasteiger charge is -1.93. The van der Waals surface area contributed by atoms with Crippen LogP contribution in [0.25, 0.3) is 0 Å². The highest BCUT2D eigenvalue weighted by Gasteiger charge is 2.21. The van der Waals surface area contributed by atoms with Crippen LogP contribution in [0.5, 0.6) is 0 Å². The molecule has 0 aliphatic heterocycles. The highest BCUT2D eigenvalue weighted by Crippen LogP contribution is 2.18. The van der Waals surface area contributed by atoms with Crippen LogP contribution in [0.2, 0.25) is 0 Å². The van der Waals surface area contributed by atoms with E-state index in [2.05, 4.69) is 5.32 Å². The highest BCUT2D eigenvalue weighted by molar-refractivity contribution is 5.88. The van der Waals surface area contributed by atoms with Gasteiger partial charge in [-0.1, -0.05) is 0 Å². The summed E-state index contributed by atoms with van der Waals surface area (Å²) in [5.74, 6) is -0.163. The van der Waals surface area contributed by atoms with Gasteiger partial charge in [-0.05, 0) is 12.8 Å². The Bertz CT molecular complexity index is 198. The zero-order valence-corrected chi connectivity index (χ0v) is 5.50. The van der Waals surface area contributed by atoms with Crippen molar-refractivity contribution in [3.8, 4) is 6.07 Å². The van der Waals surface area contributed by atoms with Crippen LogP contribution < -0.4 is 5.32 Å². The molecule has 0 spiro atoms. The lowest BCUT2D eigenvalue weighted by molar-refractivity contribution is -0.116. The van der Waals surface area contributed by atoms with Crippen LogP contribution in [0.15, 0.2) is 12.2 Å². The summed E-state index contributed by atoms with van der Waals surface area (Å²) >= 11 is 0. The lowest BCUT2D eigenvalue weighted by atomic mass is 10.5. The van der Waals surface area contributed by atoms with Crippen molar-refractivity contribution in [1.82, 2.24) is 5.32 Å². The third-order valence-corrected chi connectivity index (χ3v) is 1.23. The van der Waals surface area contributed by atoms with Gasteiger partial charge in [0.05, 0.1) is 6.07 Å². The van der Waals surface area contributed by atoms with Gasteiger partial charge in [-0.2, -0.15) is 5.26 Å². The number of carbonyl (C=O) groups excluding carboxylic acids is 1. The zero-order chi connectivity index (χ0) is 7.40. The Balaban J connectivity index is 2.21. The predicted molar refractivity (Wildman–Crippen MR) is 35.9 cm³/mol. The maximum Gasteiger partial charge on any atom is 0.244 e. The van der Waals surface area contributed by atoms with Gasteiger partial charge in [0.2, 0.25) is 5.91 Å². The van der Waals surface area contributed by atoms with Gasteiger partial charge in [0.15, 0.2) is 0 Å². The molecule has 3 heteroatoms. The van der Waals surface area contributed by atoms with Crippen molar-refractivity contribution in [1.29, 1.82) is 5.26 Å². The summed E-state index contributed by atoms with van der Waals surface area (Å²) in [6.07, 6.45) is 4.58. The van der Waals surface area contributed by atoms with Crippen molar-refractivity contribution in [2.75, 3.05) is 0 Å². The molecule has 0 unspecified atom stereocenters. The molecule has 3 nitrogen and oxygen atoms in total. The Morgan fingerprint density at radius 3 is 2.90 bits per heavy atom. The van der Waals surface area contributed by atoms with Gasteiger partial charge >= 0.3 is 0 Å². The highest BCUT2D eigenvalue weighted by atomic mass is 16.1. The van der Waals surface area contributed by atoms with Crippen LogP contribution in [0, 0.1) is 11.3 Å². The van der Waals surface area contributed by atoms with E-state index in [1.807, 2.05) is 0 Å². The van der Waals surface area contributed by atoms with E-state index in [0.717, 1.165) is 12.8 Å². The standard InChI is InChI=1S/C7H8N2O/c8-5-1-2-7(10)9-6-3-4-6/h1-2,6H,3-4H2,(H,9,10)/b2-1+. The summed E-state index contributed by atoms with van der Waals surface area (Å²) in [6, 6.07) is 2.12. The van der Waals surface area contributed by atoms with Crippen LogP contribution in [0.1, 0.15) is 12.8 Å². The van der Waals surface area contributed by atoms with Gasteiger partial charge in [-0.15, -0.1) is 0 Å². The molecule has 0 atom stereocenters. The number of hydrogen-bond donors (Lipinski definition) is 1. The van der Waals surface area contributed by atoms with Crippen LogP contribution in [-0.4, -0.2) is 11.9 Å². The number of allylic oxidation sites excluding steroid dienone is 1. The lowest BCUT2D eigenvalue weighted by Crippen LogP contribution is -2.22. The van der Waals surface area contributed by atoms with E-state index in [9.17, 15) is 4.79 Å². The van der Waals surface area contributed by atoms with Crippen molar-refractivity contribution >= 4 is 5.91 Å². The topological polar surface area (TPSA) is 52.9 Å². The Morgan fingerprint density at radius 2 is 2.40 bits per heavy atom. The number of nitrogens with zero attached hydrogens (tertiary/aromatic N) is 1. The molecular weight excluding hydrogens is 128 g/mol. The largest absolute Gasteiger partial charge is 0.350 e. The van der Waals surface area contributed by atoms with Crippen molar-refractivity contribution < 1.29 is 4.79 Å². The van der Waals surface area contributed by atoms with Gasteiger partial charge in [0, 0.05) is 18.2 Å². The molecule has 1 aliphatic carbocycles. The van der Waals surface area contributed by atoms with E-state index in [4.69, 9.17) is 5.26 Å². The summed E-state index contributed by atoms with van der Waals surface area (Å²) in [4.78, 5) is 10.7. The second kappa shape index (κ2) is 3.02. The summed E-state index contributed by atoms with van der Waals surface area (Å²) in [6.45, 7) is 0. The van der Waals surface area contributed by atoms with Gasteiger partial charge in [0.25, 0.3) is 0 Å². The van der Waals surface area contributed by atoms with E-state index >= 15 is 0 Å². The minimum Gasteiger partial charge on any atom is -0.350 e. The predicted octanol–water partition coefficient (Wildman–Crippen LogP) is 0.345. The number of hydrogen-bond acceptors (Lipinski definition) is 2. The first kappa shape index (κ1) is 6.81. The fourth-order valence-corrected chi connectivity index (χ4v) is 0.590. The van der Waals surface area contributed by atoms with Crippen molar-refractivity contribution in [2.24, 2.45) is 0 Å². The number of nitrogens with one attached hydrogen (secondary N) is 1. The number of rotatable bonds is 2. The van der Waals surface area contributed by atoms with E-state index in [1.54, 1.807) is 6.07 Å². The quantitative estimate of drug-likeness (QED) is 0.439. The molecule has 0 aromatic rings. The average molecular weight is 136 g/mol. The molecule has 0 heterocycles. The van der Waals surface area contributed by atoms with E-state index < -0.39 is 0 Å². The summed E-state index contributed by atoms with van der Waals surface area (Å²) in [5, 5.41) is 10.8. The molecule has 0 radical (unpaired) electrons. The number of amides is 1. The Kier molecular flexibility index (Phi) is 2.06. The molecule has 1 rings (SSSR count). The first-order valence-electron chi connectivity index (χ1n) is 3.19. The van der Waals surface area contributed by atoms with Crippen LogP contribution in [-0.2, 0) is 4.79 Å². The SMILES string of the molecule is N#C/C=C/C(=O)NC1CC1. The van der Waals surface area contributed by atoms with Crippen LogP contribution in [0.3, 0.4) is 0 Å². The molecule has 1 amide bonds. The zero-order valence-electron chi connectivity index (χ0n) is 5.50. The fraction of sp³-hybridized carbons (Fsp3) is 0.429. The molecule has 0 aromatic carbocycles. The van der Waals surface area contributed by atoms with E-state index in [1.165, 1.54) is 12.2 Å². The summed E-state index contributed by atoms with van der Waals surface area (Å²) in [5.41, 5.74) is 0. The van der Waals surface area contributed by atoms with Crippen molar-refractivity contribution in [3.63, 3.8) is 0 Å². The van der Waals surface area contributed by atoms with Crippen LogP contribution >= 0.6 is 0 Å². The normalized spacial score (nSPS) is 16.7. The number of carbonyl (C=O) groups is 1. The Labute approximate surface area is 59.3 Å². The Hall–Kier alpha value is -1.30. The third-order valence-electron chi connectivity index (χ3n) is 1.23. The second-order valence-electron chi connectivity index (χ2n) is 2.25. The smallest absolute Gasteiger partial charge is 0.244 e. The van der Waals surface area contributed by atoms with Crippen molar-refractivity contribution in [2.45, 2.75) is 18.9 Å². The maximum absolute atomic E-state index is 10.7. The van der Waals surface area contributed by atoms with Crippen molar-refractivity contribution in [3.05, 3.63) is 12.2 Å². The molecule has 1 fully saturated rings. The van der Waals surface area contributed by atoms with Gasteiger partial charge in [-0.3, -0.25) is 4.79 Å². The second-order valence-corrected chi connectivity index (χ2v) is 2.25. The van der Waals surface area contributed by atoms with Gasteiger partial charge in [-0.25, -0.2) is 0 Å². The fourth-order valence-electron chi connectivity index (χ4n) is 0.590. The summed E-state index contributed by atoms with van der Waals surface area (Å²) in [7, 11) is 0. The molecule has 1 aliphatic rings. The molecule has 1 saturated carbocycles. The molecule has 1 N–H and O–H groups in total. The number of nitriles is 1. The maximum atomic E-state index is 10.7. The molecule has 0 bridgehead atoms. The molecule has 0 saturated heterocycles. The molecule has 10 heavy (non-hydrogen) atoms. The molecule has 0 aromatic heterocycles. The summed E-state index contributed by atoms with van der Waals surface area (Å²) < 4.78 is 0.